The van der Waals surface area contributed by atoms with E-state index in [2.05, 4.69) is 10.6 Å². The van der Waals surface area contributed by atoms with Gasteiger partial charge in [0.2, 0.25) is 0 Å². The molecule has 148 valence electrons. The van der Waals surface area contributed by atoms with Crippen LogP contribution in [0.25, 0.3) is 0 Å². The van der Waals surface area contributed by atoms with E-state index in [1.165, 1.54) is 6.92 Å². The molecule has 1 aliphatic carbocycles. The Morgan fingerprint density at radius 3 is 2.26 bits per heavy atom. The van der Waals surface area contributed by atoms with E-state index in [0.717, 1.165) is 12.8 Å². The molecule has 2 rings (SSSR count). The van der Waals surface area contributed by atoms with Crippen molar-refractivity contribution in [2.45, 2.75) is 58.7 Å². The van der Waals surface area contributed by atoms with Crippen molar-refractivity contribution in [2.24, 2.45) is 5.92 Å². The Morgan fingerprint density at radius 2 is 1.74 bits per heavy atom. The van der Waals surface area contributed by atoms with E-state index in [-0.39, 0.29) is 23.8 Å². The standard InChI is InChI=1S/C20H28N2O5/c1-5-26-16-10-6-14(7-11-16)19(24)22-17(12(2)3)20(25)27-13(4)18(23)21-15-8-9-15/h6-7,10-13,15,17H,5,8-9H2,1-4H3,(H,21,23)(H,22,24)/t13-,17-/m0/s1. The Hall–Kier alpha value is -2.57. The molecule has 2 atom stereocenters. The van der Waals surface area contributed by atoms with Gasteiger partial charge in [0.15, 0.2) is 6.10 Å². The topological polar surface area (TPSA) is 93.7 Å². The van der Waals surface area contributed by atoms with Crippen molar-refractivity contribution in [2.75, 3.05) is 6.61 Å². The minimum Gasteiger partial charge on any atom is -0.494 e. The van der Waals surface area contributed by atoms with Crippen LogP contribution in [0.15, 0.2) is 24.3 Å². The summed E-state index contributed by atoms with van der Waals surface area (Å²) in [5.41, 5.74) is 0.413. The van der Waals surface area contributed by atoms with E-state index < -0.39 is 18.1 Å². The van der Waals surface area contributed by atoms with Crippen molar-refractivity contribution < 1.29 is 23.9 Å². The summed E-state index contributed by atoms with van der Waals surface area (Å²) in [7, 11) is 0. The smallest absolute Gasteiger partial charge is 0.329 e. The molecule has 0 spiro atoms. The molecule has 0 radical (unpaired) electrons. The number of carbonyl (C=O) groups excluding carboxylic acids is 3. The Morgan fingerprint density at radius 1 is 1.11 bits per heavy atom. The Kier molecular flexibility index (Phi) is 7.21. The van der Waals surface area contributed by atoms with Gasteiger partial charge in [-0.25, -0.2) is 4.79 Å². The van der Waals surface area contributed by atoms with Gasteiger partial charge in [-0.15, -0.1) is 0 Å². The second kappa shape index (κ2) is 9.39. The summed E-state index contributed by atoms with van der Waals surface area (Å²) < 4.78 is 10.6. The zero-order chi connectivity index (χ0) is 20.0. The molecule has 2 N–H and O–H groups in total. The monoisotopic (exact) mass is 376 g/mol. The third-order valence-electron chi connectivity index (χ3n) is 4.22. The molecule has 7 nitrogen and oxygen atoms in total. The van der Waals surface area contributed by atoms with Gasteiger partial charge in [-0.1, -0.05) is 13.8 Å². The minimum absolute atomic E-state index is 0.192. The third-order valence-corrected chi connectivity index (χ3v) is 4.22. The fourth-order valence-corrected chi connectivity index (χ4v) is 2.44. The Bertz CT molecular complexity index is 667. The van der Waals surface area contributed by atoms with Gasteiger partial charge < -0.3 is 20.1 Å². The van der Waals surface area contributed by atoms with Gasteiger partial charge >= 0.3 is 5.97 Å². The van der Waals surface area contributed by atoms with E-state index in [0.29, 0.717) is 17.9 Å². The molecule has 0 saturated heterocycles. The predicted octanol–water partition coefficient (Wildman–Crippen LogP) is 2.05. The van der Waals surface area contributed by atoms with Crippen molar-refractivity contribution in [1.82, 2.24) is 10.6 Å². The summed E-state index contributed by atoms with van der Waals surface area (Å²) in [5.74, 6) is -0.843. The van der Waals surface area contributed by atoms with Crippen molar-refractivity contribution >= 4 is 17.8 Å². The van der Waals surface area contributed by atoms with Gasteiger partial charge in [0, 0.05) is 11.6 Å². The normalized spacial score (nSPS) is 15.6. The predicted molar refractivity (Wildman–Crippen MR) is 100 cm³/mol. The SMILES string of the molecule is CCOc1ccc(C(=O)N[C@H](C(=O)O[C@@H](C)C(=O)NC2CC2)C(C)C)cc1. The lowest BCUT2D eigenvalue weighted by molar-refractivity contribution is -0.157. The highest BCUT2D eigenvalue weighted by Gasteiger charge is 2.31. The highest BCUT2D eigenvalue weighted by atomic mass is 16.5. The van der Waals surface area contributed by atoms with Crippen LogP contribution in [0.4, 0.5) is 0 Å². The molecule has 1 aromatic rings. The number of esters is 1. The summed E-state index contributed by atoms with van der Waals surface area (Å²) in [4.78, 5) is 36.9. The van der Waals surface area contributed by atoms with Crippen LogP contribution in [-0.2, 0) is 14.3 Å². The van der Waals surface area contributed by atoms with Gasteiger partial charge in [0.05, 0.1) is 6.61 Å². The van der Waals surface area contributed by atoms with Crippen LogP contribution in [0, 0.1) is 5.92 Å². The van der Waals surface area contributed by atoms with Gasteiger partial charge in [0.25, 0.3) is 11.8 Å². The first-order valence-electron chi connectivity index (χ1n) is 9.36. The Balaban J connectivity index is 1.95. The molecule has 7 heteroatoms. The van der Waals surface area contributed by atoms with E-state index in [1.54, 1.807) is 38.1 Å². The number of ether oxygens (including phenoxy) is 2. The van der Waals surface area contributed by atoms with Crippen molar-refractivity contribution in [3.8, 4) is 5.75 Å². The van der Waals surface area contributed by atoms with Crippen LogP contribution < -0.4 is 15.4 Å². The van der Waals surface area contributed by atoms with Crippen molar-refractivity contribution in [1.29, 1.82) is 0 Å². The molecule has 0 bridgehead atoms. The molecule has 27 heavy (non-hydrogen) atoms. The number of carbonyl (C=O) groups is 3. The van der Waals surface area contributed by atoms with Gasteiger partial charge in [-0.3, -0.25) is 9.59 Å². The fourth-order valence-electron chi connectivity index (χ4n) is 2.44. The quantitative estimate of drug-likeness (QED) is 0.644. The summed E-state index contributed by atoms with van der Waals surface area (Å²) in [6.45, 7) is 7.56. The molecule has 0 aliphatic heterocycles. The highest BCUT2D eigenvalue weighted by Crippen LogP contribution is 2.19. The van der Waals surface area contributed by atoms with Gasteiger partial charge in [-0.2, -0.15) is 0 Å². The average molecular weight is 376 g/mol. The largest absolute Gasteiger partial charge is 0.494 e. The lowest BCUT2D eigenvalue weighted by atomic mass is 10.0. The molecule has 1 aliphatic rings. The van der Waals surface area contributed by atoms with Crippen LogP contribution in [0.3, 0.4) is 0 Å². The molecule has 0 aromatic heterocycles. The van der Waals surface area contributed by atoms with Crippen molar-refractivity contribution in [3.05, 3.63) is 29.8 Å². The second-order valence-corrected chi connectivity index (χ2v) is 7.01. The van der Waals surface area contributed by atoms with Crippen LogP contribution in [0.2, 0.25) is 0 Å². The van der Waals surface area contributed by atoms with Crippen LogP contribution in [-0.4, -0.2) is 42.6 Å². The van der Waals surface area contributed by atoms with Gasteiger partial charge in [0.1, 0.15) is 11.8 Å². The highest BCUT2D eigenvalue weighted by molar-refractivity contribution is 5.97. The van der Waals surface area contributed by atoms with E-state index >= 15 is 0 Å². The van der Waals surface area contributed by atoms with Crippen LogP contribution in [0.1, 0.15) is 50.9 Å². The zero-order valence-corrected chi connectivity index (χ0v) is 16.3. The molecule has 1 saturated carbocycles. The summed E-state index contributed by atoms with van der Waals surface area (Å²) in [6.07, 6.45) is 1.01. The first-order chi connectivity index (χ1) is 12.8. The minimum atomic E-state index is -0.901. The molecular formula is C20H28N2O5. The van der Waals surface area contributed by atoms with E-state index in [1.807, 2.05) is 6.92 Å². The van der Waals surface area contributed by atoms with E-state index in [9.17, 15) is 14.4 Å². The number of hydrogen-bond acceptors (Lipinski definition) is 5. The fraction of sp³-hybridized carbons (Fsp3) is 0.550. The molecule has 2 amide bonds. The molecule has 1 fully saturated rings. The first-order valence-corrected chi connectivity index (χ1v) is 9.36. The zero-order valence-electron chi connectivity index (χ0n) is 16.3. The van der Waals surface area contributed by atoms with Crippen LogP contribution in [0.5, 0.6) is 5.75 Å². The van der Waals surface area contributed by atoms with Gasteiger partial charge in [-0.05, 0) is 56.9 Å². The molecule has 0 heterocycles. The average Bonchev–Trinajstić information content (AvgIpc) is 3.43. The van der Waals surface area contributed by atoms with Crippen molar-refractivity contribution in [3.63, 3.8) is 0 Å². The summed E-state index contributed by atoms with van der Waals surface area (Å²) in [5, 5.41) is 5.49. The number of hydrogen-bond donors (Lipinski definition) is 2. The maximum absolute atomic E-state index is 12.5. The maximum atomic E-state index is 12.5. The lowest BCUT2D eigenvalue weighted by Gasteiger charge is -2.23. The maximum Gasteiger partial charge on any atom is 0.329 e. The summed E-state index contributed by atoms with van der Waals surface area (Å²) in [6, 6.07) is 6.01. The molecule has 0 unspecified atom stereocenters. The number of rotatable bonds is 9. The first kappa shape index (κ1) is 20.7. The number of amides is 2. The number of nitrogens with one attached hydrogen (secondary N) is 2. The van der Waals surface area contributed by atoms with E-state index in [4.69, 9.17) is 9.47 Å². The molecular weight excluding hydrogens is 348 g/mol. The van der Waals surface area contributed by atoms with Crippen LogP contribution >= 0.6 is 0 Å². The lowest BCUT2D eigenvalue weighted by Crippen LogP contribution is -2.47. The Labute approximate surface area is 159 Å². The molecule has 1 aromatic carbocycles. The second-order valence-electron chi connectivity index (χ2n) is 7.01. The third kappa shape index (κ3) is 6.27. The summed E-state index contributed by atoms with van der Waals surface area (Å²) >= 11 is 0. The number of benzene rings is 1.